The maximum absolute atomic E-state index is 12.0. The molecular weight excluding hydrogens is 318 g/mol. The van der Waals surface area contributed by atoms with E-state index in [1.165, 1.54) is 0 Å². The molecule has 0 spiro atoms. The molecule has 0 N–H and O–H groups in total. The summed E-state index contributed by atoms with van der Waals surface area (Å²) in [7, 11) is 0. The lowest BCUT2D eigenvalue weighted by Gasteiger charge is -2.25. The highest BCUT2D eigenvalue weighted by Crippen LogP contribution is 2.15. The van der Waals surface area contributed by atoms with Crippen LogP contribution in [0.1, 0.15) is 13.8 Å². The van der Waals surface area contributed by atoms with Crippen molar-refractivity contribution in [3.63, 3.8) is 0 Å². The molecule has 1 rings (SSSR count). The Bertz CT molecular complexity index is 381. The molecule has 0 aliphatic heterocycles. The van der Waals surface area contributed by atoms with Gasteiger partial charge in [0.1, 0.15) is 5.75 Å². The number of ether oxygens (including phenoxy) is 1. The third-order valence-corrected chi connectivity index (χ3v) is 3.05. The predicted octanol–water partition coefficient (Wildman–Crippen LogP) is 3.35. The van der Waals surface area contributed by atoms with Gasteiger partial charge >= 0.3 is 0 Å². The van der Waals surface area contributed by atoms with Crippen LogP contribution in [0.25, 0.3) is 0 Å². The molecule has 18 heavy (non-hydrogen) atoms. The highest BCUT2D eigenvalue weighted by molar-refractivity contribution is 9.09. The maximum Gasteiger partial charge on any atom is 0.260 e. The molecule has 0 radical (unpaired) electrons. The van der Waals surface area contributed by atoms with Gasteiger partial charge in [-0.3, -0.25) is 4.79 Å². The molecule has 1 aromatic rings. The standard InChI is InChI=1S/C13H17BrClNO2/c1-10(2)16(8-7-14)13(17)9-18-12-5-3-11(15)4-6-12/h3-6,10H,7-9H2,1-2H3. The molecular formula is C13H17BrClNO2. The van der Waals surface area contributed by atoms with Crippen molar-refractivity contribution in [3.05, 3.63) is 29.3 Å². The first-order chi connectivity index (χ1) is 8.54. The smallest absolute Gasteiger partial charge is 0.260 e. The Kier molecular flexibility index (Phi) is 6.50. The number of hydrogen-bond acceptors (Lipinski definition) is 2. The molecule has 0 fully saturated rings. The molecule has 0 heterocycles. The van der Waals surface area contributed by atoms with Gasteiger partial charge in [-0.15, -0.1) is 0 Å². The minimum atomic E-state index is -0.0144. The fourth-order valence-electron chi connectivity index (χ4n) is 1.52. The topological polar surface area (TPSA) is 29.5 Å². The summed E-state index contributed by atoms with van der Waals surface area (Å²) in [6, 6.07) is 7.14. The minimum Gasteiger partial charge on any atom is -0.484 e. The number of halogens is 2. The number of carbonyl (C=O) groups excluding carboxylic acids is 1. The van der Waals surface area contributed by atoms with Crippen molar-refractivity contribution in [2.24, 2.45) is 0 Å². The molecule has 0 aliphatic carbocycles. The lowest BCUT2D eigenvalue weighted by molar-refractivity contribution is -0.134. The van der Waals surface area contributed by atoms with Crippen LogP contribution in [-0.4, -0.2) is 35.3 Å². The minimum absolute atomic E-state index is 0.0144. The van der Waals surface area contributed by atoms with Gasteiger partial charge in [0, 0.05) is 22.9 Å². The monoisotopic (exact) mass is 333 g/mol. The van der Waals surface area contributed by atoms with E-state index in [4.69, 9.17) is 16.3 Å². The first kappa shape index (κ1) is 15.3. The van der Waals surface area contributed by atoms with Crippen molar-refractivity contribution in [1.29, 1.82) is 0 Å². The SMILES string of the molecule is CC(C)N(CCBr)C(=O)COc1ccc(Cl)cc1. The summed E-state index contributed by atoms with van der Waals surface area (Å²) >= 11 is 9.11. The third-order valence-electron chi connectivity index (χ3n) is 2.45. The molecule has 1 aromatic carbocycles. The van der Waals surface area contributed by atoms with Gasteiger partial charge in [0.25, 0.3) is 5.91 Å². The van der Waals surface area contributed by atoms with E-state index in [1.807, 2.05) is 13.8 Å². The Morgan fingerprint density at radius 1 is 1.39 bits per heavy atom. The largest absolute Gasteiger partial charge is 0.484 e. The average molecular weight is 335 g/mol. The number of benzene rings is 1. The van der Waals surface area contributed by atoms with Crippen molar-refractivity contribution in [1.82, 2.24) is 4.90 Å². The third kappa shape index (κ3) is 4.86. The van der Waals surface area contributed by atoms with Gasteiger partial charge in [0.05, 0.1) is 0 Å². The highest BCUT2D eigenvalue weighted by Gasteiger charge is 2.16. The first-order valence-electron chi connectivity index (χ1n) is 5.78. The van der Waals surface area contributed by atoms with E-state index in [2.05, 4.69) is 15.9 Å². The van der Waals surface area contributed by atoms with Gasteiger partial charge in [-0.05, 0) is 38.1 Å². The summed E-state index contributed by atoms with van der Waals surface area (Å²) in [5.74, 6) is 0.634. The number of carbonyl (C=O) groups is 1. The predicted molar refractivity (Wildman–Crippen MR) is 77.6 cm³/mol. The van der Waals surface area contributed by atoms with E-state index in [9.17, 15) is 4.79 Å². The van der Waals surface area contributed by atoms with Gasteiger partial charge < -0.3 is 9.64 Å². The summed E-state index contributed by atoms with van der Waals surface area (Å²) in [5.41, 5.74) is 0. The molecule has 0 atom stereocenters. The Morgan fingerprint density at radius 2 is 2.00 bits per heavy atom. The van der Waals surface area contributed by atoms with Gasteiger partial charge in [-0.2, -0.15) is 0 Å². The number of rotatable bonds is 6. The quantitative estimate of drug-likeness (QED) is 0.747. The second-order valence-electron chi connectivity index (χ2n) is 4.11. The summed E-state index contributed by atoms with van der Waals surface area (Å²) in [6.07, 6.45) is 0. The van der Waals surface area contributed by atoms with Gasteiger partial charge in [-0.1, -0.05) is 27.5 Å². The van der Waals surface area contributed by atoms with Crippen LogP contribution < -0.4 is 4.74 Å². The van der Waals surface area contributed by atoms with Crippen LogP contribution in [0.15, 0.2) is 24.3 Å². The summed E-state index contributed by atoms with van der Waals surface area (Å²) in [6.45, 7) is 4.71. The number of nitrogens with zero attached hydrogens (tertiary/aromatic N) is 1. The van der Waals surface area contributed by atoms with E-state index in [0.717, 1.165) is 5.33 Å². The molecule has 0 saturated heterocycles. The second kappa shape index (κ2) is 7.64. The van der Waals surface area contributed by atoms with E-state index < -0.39 is 0 Å². The van der Waals surface area contributed by atoms with Crippen molar-refractivity contribution >= 4 is 33.4 Å². The van der Waals surface area contributed by atoms with Crippen LogP contribution in [-0.2, 0) is 4.79 Å². The summed E-state index contributed by atoms with van der Waals surface area (Å²) in [4.78, 5) is 13.8. The van der Waals surface area contributed by atoms with Crippen molar-refractivity contribution < 1.29 is 9.53 Å². The lowest BCUT2D eigenvalue weighted by atomic mass is 10.3. The van der Waals surface area contributed by atoms with Crippen molar-refractivity contribution in [3.8, 4) is 5.75 Å². The zero-order valence-electron chi connectivity index (χ0n) is 10.5. The molecule has 100 valence electrons. The number of amides is 1. The first-order valence-corrected chi connectivity index (χ1v) is 7.28. The molecule has 0 aromatic heterocycles. The van der Waals surface area contributed by atoms with E-state index >= 15 is 0 Å². The summed E-state index contributed by atoms with van der Waals surface area (Å²) < 4.78 is 5.44. The van der Waals surface area contributed by atoms with Crippen LogP contribution >= 0.6 is 27.5 Å². The van der Waals surface area contributed by atoms with Crippen LogP contribution in [0.3, 0.4) is 0 Å². The Balaban J connectivity index is 2.51. The Labute approximate surface area is 121 Å². The number of hydrogen-bond donors (Lipinski definition) is 0. The normalized spacial score (nSPS) is 10.5. The molecule has 0 unspecified atom stereocenters. The van der Waals surface area contributed by atoms with Crippen LogP contribution in [0, 0.1) is 0 Å². The molecule has 1 amide bonds. The molecule has 5 heteroatoms. The number of alkyl halides is 1. The van der Waals surface area contributed by atoms with E-state index in [0.29, 0.717) is 17.3 Å². The fourth-order valence-corrected chi connectivity index (χ4v) is 2.03. The van der Waals surface area contributed by atoms with Gasteiger partial charge in [-0.25, -0.2) is 0 Å². The van der Waals surface area contributed by atoms with Crippen LogP contribution in [0.4, 0.5) is 0 Å². The molecule has 0 aliphatic rings. The lowest BCUT2D eigenvalue weighted by Crippen LogP contribution is -2.41. The van der Waals surface area contributed by atoms with Crippen molar-refractivity contribution in [2.45, 2.75) is 19.9 Å². The molecule has 0 bridgehead atoms. The Hall–Kier alpha value is -0.740. The summed E-state index contributed by atoms with van der Waals surface area (Å²) in [5, 5.41) is 1.41. The van der Waals surface area contributed by atoms with Crippen LogP contribution in [0.5, 0.6) is 5.75 Å². The molecule has 0 saturated carbocycles. The molecule has 3 nitrogen and oxygen atoms in total. The Morgan fingerprint density at radius 3 is 2.50 bits per heavy atom. The van der Waals surface area contributed by atoms with Crippen molar-refractivity contribution in [2.75, 3.05) is 18.5 Å². The average Bonchev–Trinajstić information content (AvgIpc) is 2.34. The van der Waals surface area contributed by atoms with Gasteiger partial charge in [0.15, 0.2) is 6.61 Å². The van der Waals surface area contributed by atoms with Gasteiger partial charge in [0.2, 0.25) is 0 Å². The van der Waals surface area contributed by atoms with Crippen LogP contribution in [0.2, 0.25) is 5.02 Å². The zero-order chi connectivity index (χ0) is 13.5. The fraction of sp³-hybridized carbons (Fsp3) is 0.462. The van der Waals surface area contributed by atoms with E-state index in [-0.39, 0.29) is 18.6 Å². The highest BCUT2D eigenvalue weighted by atomic mass is 79.9. The van der Waals surface area contributed by atoms with E-state index in [1.54, 1.807) is 29.2 Å². The zero-order valence-corrected chi connectivity index (χ0v) is 12.9. The maximum atomic E-state index is 12.0. The second-order valence-corrected chi connectivity index (χ2v) is 5.34.